The monoisotopic (exact) mass is 236 g/mol. The molecule has 94 valence electrons. The number of aliphatic hydroxyl groups is 1. The minimum absolute atomic E-state index is 0.271. The van der Waals surface area contributed by atoms with Gasteiger partial charge in [-0.3, -0.25) is 4.90 Å². The number of pyridine rings is 1. The van der Waals surface area contributed by atoms with E-state index < -0.39 is 0 Å². The van der Waals surface area contributed by atoms with Crippen LogP contribution in [-0.2, 0) is 0 Å². The zero-order valence-corrected chi connectivity index (χ0v) is 10.0. The molecule has 0 aromatic carbocycles. The van der Waals surface area contributed by atoms with Crippen LogP contribution in [0.4, 0.5) is 11.5 Å². The molecule has 0 amide bonds. The smallest absolute Gasteiger partial charge is 0.151 e. The highest BCUT2D eigenvalue weighted by atomic mass is 16.3. The molecule has 2 rings (SSSR count). The highest BCUT2D eigenvalue weighted by molar-refractivity contribution is 5.62. The Labute approximate surface area is 102 Å². The molecule has 1 aromatic rings. The molecule has 1 aromatic heterocycles. The van der Waals surface area contributed by atoms with E-state index in [1.54, 1.807) is 6.20 Å². The first-order chi connectivity index (χ1) is 8.31. The van der Waals surface area contributed by atoms with Gasteiger partial charge in [0.05, 0.1) is 5.69 Å². The molecule has 5 heteroatoms. The van der Waals surface area contributed by atoms with Crippen LogP contribution in [0.25, 0.3) is 0 Å². The highest BCUT2D eigenvalue weighted by Crippen LogP contribution is 2.20. The molecule has 0 atom stereocenters. The van der Waals surface area contributed by atoms with E-state index in [1.807, 2.05) is 12.1 Å². The van der Waals surface area contributed by atoms with Gasteiger partial charge in [0.2, 0.25) is 0 Å². The van der Waals surface area contributed by atoms with Crippen molar-refractivity contribution < 1.29 is 5.11 Å². The van der Waals surface area contributed by atoms with Gasteiger partial charge in [0.1, 0.15) is 0 Å². The second-order valence-corrected chi connectivity index (χ2v) is 4.32. The molecule has 2 heterocycles. The van der Waals surface area contributed by atoms with E-state index in [9.17, 15) is 0 Å². The third kappa shape index (κ3) is 3.08. The van der Waals surface area contributed by atoms with E-state index in [1.165, 1.54) is 0 Å². The lowest BCUT2D eigenvalue weighted by Crippen LogP contribution is -2.47. The molecule has 0 unspecified atom stereocenters. The van der Waals surface area contributed by atoms with Crippen LogP contribution in [0.1, 0.15) is 6.42 Å². The summed E-state index contributed by atoms with van der Waals surface area (Å²) in [7, 11) is 0. The van der Waals surface area contributed by atoms with Gasteiger partial charge in [-0.05, 0) is 18.6 Å². The zero-order valence-electron chi connectivity index (χ0n) is 10.0. The molecule has 0 bridgehead atoms. The summed E-state index contributed by atoms with van der Waals surface area (Å²) < 4.78 is 0. The highest BCUT2D eigenvalue weighted by Gasteiger charge is 2.18. The number of nitrogens with two attached hydrogens (primary N) is 1. The van der Waals surface area contributed by atoms with Crippen LogP contribution in [0, 0.1) is 0 Å². The Bertz CT molecular complexity index is 350. The third-order valence-corrected chi connectivity index (χ3v) is 3.12. The van der Waals surface area contributed by atoms with Gasteiger partial charge >= 0.3 is 0 Å². The second kappa shape index (κ2) is 5.84. The molecular formula is C12H20N4O. The van der Waals surface area contributed by atoms with Gasteiger partial charge < -0.3 is 15.7 Å². The number of aliphatic hydroxyl groups excluding tert-OH is 1. The fourth-order valence-corrected chi connectivity index (χ4v) is 2.15. The summed E-state index contributed by atoms with van der Waals surface area (Å²) in [6, 6.07) is 3.75. The fraction of sp³-hybridized carbons (Fsp3) is 0.583. The van der Waals surface area contributed by atoms with Crippen LogP contribution >= 0.6 is 0 Å². The van der Waals surface area contributed by atoms with Crippen LogP contribution in [-0.4, -0.2) is 54.3 Å². The fourth-order valence-electron chi connectivity index (χ4n) is 2.15. The van der Waals surface area contributed by atoms with Crippen molar-refractivity contribution in [2.45, 2.75) is 6.42 Å². The van der Waals surface area contributed by atoms with Crippen molar-refractivity contribution in [1.29, 1.82) is 0 Å². The number of anilines is 2. The Morgan fingerprint density at radius 3 is 2.71 bits per heavy atom. The van der Waals surface area contributed by atoms with Crippen molar-refractivity contribution in [3.05, 3.63) is 18.3 Å². The summed E-state index contributed by atoms with van der Waals surface area (Å²) in [6.07, 6.45) is 2.63. The molecule has 0 saturated carbocycles. The van der Waals surface area contributed by atoms with Gasteiger partial charge in [-0.15, -0.1) is 0 Å². The van der Waals surface area contributed by atoms with E-state index in [0.29, 0.717) is 0 Å². The largest absolute Gasteiger partial charge is 0.396 e. The number of nitrogens with zero attached hydrogens (tertiary/aromatic N) is 3. The van der Waals surface area contributed by atoms with Crippen LogP contribution in [0.15, 0.2) is 18.3 Å². The Hall–Kier alpha value is -1.33. The number of aromatic nitrogens is 1. The van der Waals surface area contributed by atoms with E-state index in [0.717, 1.165) is 50.6 Å². The van der Waals surface area contributed by atoms with Gasteiger partial charge in [0, 0.05) is 45.5 Å². The maximum atomic E-state index is 8.80. The third-order valence-electron chi connectivity index (χ3n) is 3.12. The van der Waals surface area contributed by atoms with Gasteiger partial charge in [-0.25, -0.2) is 4.98 Å². The molecular weight excluding hydrogens is 216 g/mol. The Morgan fingerprint density at radius 2 is 2.06 bits per heavy atom. The molecule has 3 N–H and O–H groups in total. The van der Waals surface area contributed by atoms with Gasteiger partial charge in [-0.1, -0.05) is 0 Å². The number of piperazine rings is 1. The average molecular weight is 236 g/mol. The van der Waals surface area contributed by atoms with Gasteiger partial charge in [0.15, 0.2) is 5.82 Å². The van der Waals surface area contributed by atoms with E-state index in [-0.39, 0.29) is 6.61 Å². The first-order valence-corrected chi connectivity index (χ1v) is 6.10. The standard InChI is InChI=1S/C12H20N4O/c13-11-3-1-4-14-12(11)16-8-6-15(7-9-16)5-2-10-17/h1,3-4,17H,2,5-10,13H2. The normalized spacial score (nSPS) is 17.4. The number of hydrogen-bond acceptors (Lipinski definition) is 5. The molecule has 0 spiro atoms. The minimum Gasteiger partial charge on any atom is -0.396 e. The van der Waals surface area contributed by atoms with Gasteiger partial charge in [0.25, 0.3) is 0 Å². The lowest BCUT2D eigenvalue weighted by atomic mass is 10.2. The molecule has 0 radical (unpaired) electrons. The first kappa shape index (κ1) is 12.1. The van der Waals surface area contributed by atoms with Gasteiger partial charge in [-0.2, -0.15) is 0 Å². The first-order valence-electron chi connectivity index (χ1n) is 6.10. The van der Waals surface area contributed by atoms with E-state index in [2.05, 4.69) is 14.8 Å². The topological polar surface area (TPSA) is 65.6 Å². The van der Waals surface area contributed by atoms with E-state index >= 15 is 0 Å². The van der Waals surface area contributed by atoms with Crippen molar-refractivity contribution in [1.82, 2.24) is 9.88 Å². The van der Waals surface area contributed by atoms with Crippen molar-refractivity contribution in [3.8, 4) is 0 Å². The summed E-state index contributed by atoms with van der Waals surface area (Å²) in [6.45, 7) is 5.17. The summed E-state index contributed by atoms with van der Waals surface area (Å²) in [4.78, 5) is 8.93. The SMILES string of the molecule is Nc1cccnc1N1CCN(CCCO)CC1. The van der Waals surface area contributed by atoms with Crippen LogP contribution < -0.4 is 10.6 Å². The van der Waals surface area contributed by atoms with Crippen molar-refractivity contribution in [3.63, 3.8) is 0 Å². The number of nitrogen functional groups attached to an aromatic ring is 1. The lowest BCUT2D eigenvalue weighted by molar-refractivity contribution is 0.215. The van der Waals surface area contributed by atoms with Crippen LogP contribution in [0.3, 0.4) is 0 Å². The number of hydrogen-bond donors (Lipinski definition) is 2. The molecule has 1 aliphatic heterocycles. The average Bonchev–Trinajstić information content (AvgIpc) is 2.38. The molecule has 1 fully saturated rings. The van der Waals surface area contributed by atoms with E-state index in [4.69, 9.17) is 10.8 Å². The second-order valence-electron chi connectivity index (χ2n) is 4.32. The summed E-state index contributed by atoms with van der Waals surface area (Å²) in [5.74, 6) is 0.898. The van der Waals surface area contributed by atoms with Crippen molar-refractivity contribution in [2.75, 3.05) is 50.0 Å². The molecule has 1 aliphatic rings. The molecule has 5 nitrogen and oxygen atoms in total. The lowest BCUT2D eigenvalue weighted by Gasteiger charge is -2.35. The summed E-state index contributed by atoms with van der Waals surface area (Å²) in [5.41, 5.74) is 6.66. The Balaban J connectivity index is 1.89. The van der Waals surface area contributed by atoms with Crippen molar-refractivity contribution >= 4 is 11.5 Å². The minimum atomic E-state index is 0.271. The number of rotatable bonds is 4. The molecule has 1 saturated heterocycles. The summed E-state index contributed by atoms with van der Waals surface area (Å²) in [5, 5.41) is 8.80. The maximum Gasteiger partial charge on any atom is 0.151 e. The quantitative estimate of drug-likeness (QED) is 0.780. The molecule has 0 aliphatic carbocycles. The maximum absolute atomic E-state index is 8.80. The van der Waals surface area contributed by atoms with Crippen LogP contribution in [0.2, 0.25) is 0 Å². The molecule has 17 heavy (non-hydrogen) atoms. The predicted molar refractivity (Wildman–Crippen MR) is 69.0 cm³/mol. The Morgan fingerprint density at radius 1 is 1.29 bits per heavy atom. The van der Waals surface area contributed by atoms with Crippen molar-refractivity contribution in [2.24, 2.45) is 0 Å². The predicted octanol–water partition coefficient (Wildman–Crippen LogP) is 0.168. The Kier molecular flexibility index (Phi) is 4.17. The van der Waals surface area contributed by atoms with Crippen LogP contribution in [0.5, 0.6) is 0 Å². The summed E-state index contributed by atoms with van der Waals surface area (Å²) >= 11 is 0. The zero-order chi connectivity index (χ0) is 12.1.